The summed E-state index contributed by atoms with van der Waals surface area (Å²) in [6, 6.07) is 16.1. The summed E-state index contributed by atoms with van der Waals surface area (Å²) in [6.07, 6.45) is 24.0. The van der Waals surface area contributed by atoms with Crippen molar-refractivity contribution in [1.82, 2.24) is 29.9 Å². The van der Waals surface area contributed by atoms with E-state index in [4.69, 9.17) is 12.7 Å². The number of nitrogens with one attached hydrogen (secondary N) is 6. The zero-order valence-corrected chi connectivity index (χ0v) is 58.7. The van der Waals surface area contributed by atoms with Gasteiger partial charge in [-0.3, -0.25) is 49.8 Å². The summed E-state index contributed by atoms with van der Waals surface area (Å²) in [6.45, 7) is 34.9. The van der Waals surface area contributed by atoms with Gasteiger partial charge in [-0.05, 0) is 161 Å². The number of rotatable bonds is 17. The number of aryl methyl sites for hydroxylation is 4. The van der Waals surface area contributed by atoms with Gasteiger partial charge < -0.3 is 34.7 Å². The second kappa shape index (κ2) is 34.4. The standard InChI is InChI=1S/C13H20N2O3.C13H16N2O.C13H18N2.C12H16N2O.C12H18N2.C7H10N2O2.O2Se/c1-9-5-6-14-11(9)7-12(15(17)18)13(3,4)8-10(2)16;1-9-4-5-14-11(9)6-12-13(2,3)7-10(8-16)15-12;1-9-5-6-14-11(9)7-12-13(3,4)8-10(2)15-12;1-12(2)7-10(8-15)14-11(12)6-9-4-3-5-13-9;1-9-8-12(2,3)11(14-9)7-10-5-4-6-13-10;1-6-2-4-8-7(6)3-5-9(10)11;1-3-2/h5-6,12,14H,7-8H2,1-4H3;4-6,8,14H,7H2,1-3H3;5-7,14H,8H2,1-4H3;3-5,8,11,13H,6-7H2,1-2H3;4-6,11,13H,7-8H2,1-3H3;2,4,8H,3,5H2,1H3;/b;12-6-;12-7-;;;;. The predicted octanol–water partition coefficient (Wildman–Crippen LogP) is 14.1. The number of hydrogen-bond donors (Lipinski definition) is 6. The molecule has 0 saturated carbocycles. The Bertz CT molecular complexity index is 3630. The van der Waals surface area contributed by atoms with E-state index >= 15 is 0 Å². The summed E-state index contributed by atoms with van der Waals surface area (Å²) < 4.78 is 16.9. The van der Waals surface area contributed by atoms with Crippen molar-refractivity contribution < 1.29 is 31.9 Å². The first-order valence-electron chi connectivity index (χ1n) is 31.1. The third kappa shape index (κ3) is 23.8. The van der Waals surface area contributed by atoms with Gasteiger partial charge in [0.05, 0.1) is 36.3 Å². The minimum atomic E-state index is -1.62. The zero-order valence-electron chi connectivity index (χ0n) is 57.0. The van der Waals surface area contributed by atoms with Gasteiger partial charge in [0.2, 0.25) is 12.6 Å². The molecule has 92 heavy (non-hydrogen) atoms. The molecule has 0 bridgehead atoms. The number of nitro groups is 2. The molecular weight excluding hydrogens is 1230 g/mol. The van der Waals surface area contributed by atoms with E-state index in [1.165, 1.54) is 52.3 Å². The normalized spacial score (nSPS) is 18.9. The van der Waals surface area contributed by atoms with Crippen LogP contribution in [0, 0.1) is 75.0 Å². The van der Waals surface area contributed by atoms with Crippen molar-refractivity contribution in [2.45, 2.75) is 194 Å². The van der Waals surface area contributed by atoms with Crippen LogP contribution in [0.5, 0.6) is 0 Å². The summed E-state index contributed by atoms with van der Waals surface area (Å²) in [5.41, 5.74) is 17.1. The first kappa shape index (κ1) is 76.2. The molecule has 0 fully saturated rings. The third-order valence-electron chi connectivity index (χ3n) is 17.0. The van der Waals surface area contributed by atoms with Crippen LogP contribution >= 0.6 is 0 Å². The molecule has 6 aromatic rings. The zero-order chi connectivity index (χ0) is 68.8. The molecule has 498 valence electrons. The molecule has 4 aliphatic heterocycles. The molecule has 0 aromatic carbocycles. The van der Waals surface area contributed by atoms with Crippen LogP contribution in [0.15, 0.2) is 117 Å². The second-order valence-corrected chi connectivity index (χ2v) is 28.0. The number of allylic oxidation sites excluding steroid dienone is 2. The molecule has 6 N–H and O–H groups in total. The van der Waals surface area contributed by atoms with Gasteiger partial charge in [-0.25, -0.2) is 0 Å². The molecule has 10 rings (SSSR count). The molecule has 0 radical (unpaired) electrons. The van der Waals surface area contributed by atoms with Crippen LogP contribution in [0.3, 0.4) is 0 Å². The summed E-state index contributed by atoms with van der Waals surface area (Å²) in [5.74, 6) is -0.0185. The van der Waals surface area contributed by atoms with Crippen LogP contribution in [0.1, 0.15) is 179 Å². The number of carbonyl (C=O) groups is 3. The van der Waals surface area contributed by atoms with Gasteiger partial charge in [-0.1, -0.05) is 69.2 Å². The van der Waals surface area contributed by atoms with Crippen LogP contribution in [-0.4, -0.2) is 120 Å². The first-order chi connectivity index (χ1) is 43.1. The van der Waals surface area contributed by atoms with Crippen molar-refractivity contribution in [3.05, 3.63) is 174 Å². The van der Waals surface area contributed by atoms with E-state index in [0.717, 1.165) is 85.0 Å². The Balaban J connectivity index is 0.000000234. The van der Waals surface area contributed by atoms with Gasteiger partial charge in [0.15, 0.2) is 12.6 Å². The van der Waals surface area contributed by atoms with Crippen LogP contribution in [-0.2, 0) is 47.7 Å². The van der Waals surface area contributed by atoms with E-state index in [2.05, 4.69) is 152 Å². The first-order valence-corrected chi connectivity index (χ1v) is 32.5. The van der Waals surface area contributed by atoms with Crippen LogP contribution in [0.25, 0.3) is 12.2 Å². The molecular formula is C70H98N12O9Se. The van der Waals surface area contributed by atoms with E-state index in [9.17, 15) is 34.6 Å². The summed E-state index contributed by atoms with van der Waals surface area (Å²) in [5, 5.41) is 21.2. The third-order valence-corrected chi connectivity index (χ3v) is 17.0. The molecule has 4 aliphatic rings. The molecule has 3 atom stereocenters. The average Bonchev–Trinajstić information content (AvgIpc) is 1.65. The Morgan fingerprint density at radius 3 is 1.42 bits per heavy atom. The molecule has 0 aliphatic carbocycles. The predicted molar refractivity (Wildman–Crippen MR) is 368 cm³/mol. The number of ketones is 1. The number of Topliss-reactive ketones (excluding diaryl/α,β-unsaturated/α-hetero) is 1. The number of hydrogen-bond acceptors (Lipinski definition) is 13. The van der Waals surface area contributed by atoms with Gasteiger partial charge in [-0.15, -0.1) is 0 Å². The second-order valence-electron chi connectivity index (χ2n) is 27.7. The number of aromatic nitrogens is 6. The molecule has 21 nitrogen and oxygen atoms in total. The molecule has 0 amide bonds. The molecule has 22 heteroatoms. The van der Waals surface area contributed by atoms with Crippen molar-refractivity contribution >= 4 is 68.2 Å². The maximum atomic E-state index is 11.2. The molecule has 6 aromatic heterocycles. The number of carbonyl (C=O) groups excluding carboxylic acids is 3. The van der Waals surface area contributed by atoms with Crippen LogP contribution in [0.4, 0.5) is 0 Å². The number of aldehydes is 2. The van der Waals surface area contributed by atoms with Gasteiger partial charge in [0.1, 0.15) is 5.78 Å². The fraction of sp³-hybridized carbons (Fsp3) is 0.500. The number of H-pyrrole nitrogens is 6. The van der Waals surface area contributed by atoms with Crippen molar-refractivity contribution in [3.8, 4) is 0 Å². The van der Waals surface area contributed by atoms with Crippen molar-refractivity contribution in [1.29, 1.82) is 0 Å². The van der Waals surface area contributed by atoms with Crippen molar-refractivity contribution in [2.24, 2.45) is 47.0 Å². The Labute approximate surface area is 548 Å². The Morgan fingerprint density at radius 2 is 1.07 bits per heavy atom. The quantitative estimate of drug-likeness (QED) is 0.0218. The molecule has 10 heterocycles. The Morgan fingerprint density at radius 1 is 0.609 bits per heavy atom. The average molecular weight is 1330 g/mol. The Hall–Kier alpha value is -8.23. The fourth-order valence-electron chi connectivity index (χ4n) is 11.7. The number of nitrogens with zero attached hydrogens (tertiary/aromatic N) is 6. The summed E-state index contributed by atoms with van der Waals surface area (Å²) in [7, 11) is 0. The number of aliphatic imine (C=N–C) groups is 4. The summed E-state index contributed by atoms with van der Waals surface area (Å²) >= 11 is -1.62. The molecule has 0 saturated heterocycles. The van der Waals surface area contributed by atoms with E-state index < -0.39 is 26.3 Å². The Kier molecular flexibility index (Phi) is 28.5. The summed E-state index contributed by atoms with van der Waals surface area (Å²) in [4.78, 5) is 90.3. The molecule has 3 unspecified atom stereocenters. The van der Waals surface area contributed by atoms with Gasteiger partial charge >= 0.3 is 22.5 Å². The van der Waals surface area contributed by atoms with Crippen LogP contribution in [0.2, 0.25) is 0 Å². The van der Waals surface area contributed by atoms with Crippen molar-refractivity contribution in [2.75, 3.05) is 6.54 Å². The monoisotopic (exact) mass is 1330 g/mol. The van der Waals surface area contributed by atoms with Crippen molar-refractivity contribution in [3.63, 3.8) is 0 Å². The van der Waals surface area contributed by atoms with Gasteiger partial charge in [0.25, 0.3) is 0 Å². The van der Waals surface area contributed by atoms with E-state index in [1.54, 1.807) is 26.2 Å². The topological polar surface area (TPSA) is 316 Å². The molecule has 0 spiro atoms. The van der Waals surface area contributed by atoms with Crippen LogP contribution < -0.4 is 0 Å². The van der Waals surface area contributed by atoms with E-state index in [1.807, 2.05) is 75.0 Å². The SMILES string of the molecule is CC(=O)CC(C)(C)C(Cc1[nH]ccc1C)[N+](=O)[O-].CC1(C)CC(C=O)=NC1Cc1ccc[nH]1.CC1=N/C(=C\c2[nH]ccc2C)C(C)(C)C1.CC1=NC(Cc2ccc[nH]2)C(C)(C)C1.Cc1cc[nH]c1/C=C1\N=C(C=O)CC1(C)C.Cc1cc[nH]c1CC[N+](=O)[O-].O=[Se]=O. The maximum absolute atomic E-state index is 11.2. The van der Waals surface area contributed by atoms with Gasteiger partial charge in [0, 0.05) is 146 Å². The van der Waals surface area contributed by atoms with E-state index in [0.29, 0.717) is 35.7 Å². The van der Waals surface area contributed by atoms with Gasteiger partial charge in [-0.2, -0.15) is 0 Å². The minimum absolute atomic E-state index is 0.00134. The van der Waals surface area contributed by atoms with E-state index in [-0.39, 0.29) is 50.9 Å². The fourth-order valence-corrected chi connectivity index (χ4v) is 11.7. The number of aromatic amines is 6.